The van der Waals surface area contributed by atoms with E-state index in [4.69, 9.17) is 4.74 Å². The van der Waals surface area contributed by atoms with Crippen LogP contribution in [-0.2, 0) is 4.79 Å². The number of hydrogen-bond donors (Lipinski definition) is 0. The summed E-state index contributed by atoms with van der Waals surface area (Å²) in [6, 6.07) is 0.175. The van der Waals surface area contributed by atoms with E-state index >= 15 is 0 Å². The summed E-state index contributed by atoms with van der Waals surface area (Å²) in [5, 5.41) is 0. The maximum absolute atomic E-state index is 12.8. The first-order chi connectivity index (χ1) is 11.2. The van der Waals surface area contributed by atoms with Crippen LogP contribution < -0.4 is 4.74 Å². The average Bonchev–Trinajstić information content (AvgIpc) is 3.20. The molecule has 2 bridgehead atoms. The Bertz CT molecular complexity index is 619. The van der Waals surface area contributed by atoms with Crippen molar-refractivity contribution in [1.82, 2.24) is 14.9 Å². The van der Waals surface area contributed by atoms with Crippen molar-refractivity contribution in [3.63, 3.8) is 0 Å². The normalized spacial score (nSPS) is 32.3. The number of aromatic nitrogens is 2. The third-order valence-corrected chi connectivity index (χ3v) is 5.15. The molecule has 1 aliphatic heterocycles. The number of piperidine rings is 1. The van der Waals surface area contributed by atoms with Crippen LogP contribution in [0.4, 0.5) is 4.39 Å². The number of halogens is 1. The summed E-state index contributed by atoms with van der Waals surface area (Å²) in [6.45, 7) is 1.36. The molecular weight excluding hydrogens is 297 g/mol. The van der Waals surface area contributed by atoms with E-state index in [1.165, 1.54) is 0 Å². The molecule has 2 fully saturated rings. The Labute approximate surface area is 134 Å². The van der Waals surface area contributed by atoms with E-state index in [-0.39, 0.29) is 23.9 Å². The van der Waals surface area contributed by atoms with Crippen LogP contribution in [0.5, 0.6) is 6.01 Å². The van der Waals surface area contributed by atoms with E-state index in [0.29, 0.717) is 18.4 Å². The number of hydrogen-bond acceptors (Lipinski definition) is 4. The van der Waals surface area contributed by atoms with Crippen LogP contribution in [0.3, 0.4) is 0 Å². The van der Waals surface area contributed by atoms with Crippen LogP contribution in [0, 0.1) is 23.6 Å². The van der Waals surface area contributed by atoms with Gasteiger partial charge in [-0.05, 0) is 37.5 Å². The smallest absolute Gasteiger partial charge is 0.316 e. The summed E-state index contributed by atoms with van der Waals surface area (Å²) >= 11 is 0. The zero-order valence-corrected chi connectivity index (χ0v) is 12.9. The van der Waals surface area contributed by atoms with Gasteiger partial charge in [0.25, 0.3) is 0 Å². The lowest BCUT2D eigenvalue weighted by Crippen LogP contribution is -2.47. The minimum atomic E-state index is -0.484. The molecule has 4 unspecified atom stereocenters. The summed E-state index contributed by atoms with van der Waals surface area (Å²) in [4.78, 5) is 22.4. The maximum atomic E-state index is 12.8. The second-order valence-electron chi connectivity index (χ2n) is 6.74. The van der Waals surface area contributed by atoms with E-state index in [2.05, 4.69) is 22.1 Å². The number of carbonyl (C=O) groups excluding carboxylic acids is 1. The lowest BCUT2D eigenvalue weighted by molar-refractivity contribution is -0.139. The predicted octanol–water partition coefficient (Wildman–Crippen LogP) is 2.20. The minimum absolute atomic E-state index is 0.118. The first-order valence-corrected chi connectivity index (χ1v) is 8.30. The van der Waals surface area contributed by atoms with Gasteiger partial charge in [-0.3, -0.25) is 4.79 Å². The fourth-order valence-corrected chi connectivity index (χ4v) is 4.04. The van der Waals surface area contributed by atoms with Crippen LogP contribution >= 0.6 is 0 Å². The van der Waals surface area contributed by atoms with Gasteiger partial charge < -0.3 is 9.64 Å². The van der Waals surface area contributed by atoms with Gasteiger partial charge in [0.2, 0.25) is 5.91 Å². The molecule has 1 aromatic heterocycles. The van der Waals surface area contributed by atoms with Crippen molar-refractivity contribution in [3.05, 3.63) is 30.4 Å². The van der Waals surface area contributed by atoms with Crippen molar-refractivity contribution >= 4 is 5.91 Å². The first-order valence-electron chi connectivity index (χ1n) is 8.30. The quantitative estimate of drug-likeness (QED) is 0.802. The summed E-state index contributed by atoms with van der Waals surface area (Å²) in [5.41, 5.74) is 0. The summed E-state index contributed by atoms with van der Waals surface area (Å²) < 4.78 is 18.6. The zero-order valence-electron chi connectivity index (χ0n) is 12.9. The molecule has 4 rings (SSSR count). The first kappa shape index (κ1) is 14.6. The lowest BCUT2D eigenvalue weighted by Gasteiger charge is -2.35. The molecule has 0 radical (unpaired) electrons. The topological polar surface area (TPSA) is 55.3 Å². The fraction of sp³-hybridized carbons (Fsp3) is 0.588. The molecular formula is C17H20FN3O2. The van der Waals surface area contributed by atoms with Crippen molar-refractivity contribution < 1.29 is 13.9 Å². The Morgan fingerprint density at radius 3 is 2.78 bits per heavy atom. The highest BCUT2D eigenvalue weighted by Crippen LogP contribution is 2.44. The highest BCUT2D eigenvalue weighted by molar-refractivity contribution is 5.80. The molecule has 3 aliphatic rings. The highest BCUT2D eigenvalue weighted by atomic mass is 19.1. The number of allylic oxidation sites excluding steroid dienone is 2. The van der Waals surface area contributed by atoms with Gasteiger partial charge in [-0.2, -0.15) is 0 Å². The zero-order chi connectivity index (χ0) is 15.8. The van der Waals surface area contributed by atoms with Crippen molar-refractivity contribution in [1.29, 1.82) is 0 Å². The summed E-state index contributed by atoms with van der Waals surface area (Å²) in [7, 11) is 0. The van der Waals surface area contributed by atoms with E-state index in [9.17, 15) is 9.18 Å². The molecule has 1 saturated carbocycles. The van der Waals surface area contributed by atoms with Crippen molar-refractivity contribution in [2.45, 2.75) is 31.8 Å². The maximum Gasteiger partial charge on any atom is 0.316 e. The largest absolute Gasteiger partial charge is 0.458 e. The molecule has 2 heterocycles. The van der Waals surface area contributed by atoms with Gasteiger partial charge in [0, 0.05) is 12.5 Å². The second kappa shape index (κ2) is 5.91. The second-order valence-corrected chi connectivity index (χ2v) is 6.74. The molecule has 0 spiro atoms. The van der Waals surface area contributed by atoms with Crippen LogP contribution in [-0.4, -0.2) is 40.0 Å². The lowest BCUT2D eigenvalue weighted by atomic mass is 9.91. The van der Waals surface area contributed by atoms with Gasteiger partial charge in [-0.25, -0.2) is 14.4 Å². The number of rotatable bonds is 3. The van der Waals surface area contributed by atoms with Gasteiger partial charge in [-0.15, -0.1) is 0 Å². The van der Waals surface area contributed by atoms with Crippen molar-refractivity contribution in [3.8, 4) is 6.01 Å². The number of likely N-dealkylation sites (tertiary alicyclic amines) is 1. The van der Waals surface area contributed by atoms with Crippen LogP contribution in [0.25, 0.3) is 0 Å². The molecule has 1 amide bonds. The molecule has 4 atom stereocenters. The monoisotopic (exact) mass is 317 g/mol. The van der Waals surface area contributed by atoms with Crippen molar-refractivity contribution in [2.24, 2.45) is 17.8 Å². The highest BCUT2D eigenvalue weighted by Gasteiger charge is 2.42. The molecule has 122 valence electrons. The Morgan fingerprint density at radius 1 is 1.26 bits per heavy atom. The van der Waals surface area contributed by atoms with E-state index in [0.717, 1.165) is 44.6 Å². The van der Waals surface area contributed by atoms with Gasteiger partial charge in [0.05, 0.1) is 18.9 Å². The van der Waals surface area contributed by atoms with Gasteiger partial charge in [-0.1, -0.05) is 12.2 Å². The third-order valence-electron chi connectivity index (χ3n) is 5.15. The van der Waals surface area contributed by atoms with Gasteiger partial charge >= 0.3 is 6.01 Å². The minimum Gasteiger partial charge on any atom is -0.458 e. The van der Waals surface area contributed by atoms with E-state index in [1.807, 2.05) is 4.90 Å². The number of fused-ring (bicyclic) bond motifs is 2. The molecule has 0 aromatic carbocycles. The SMILES string of the molecule is O=C(C1CC2C=CC1C2)N1CCCC(Oc2ncc(F)cn2)C1. The molecule has 1 aromatic rings. The molecule has 0 N–H and O–H groups in total. The molecule has 6 heteroatoms. The Kier molecular flexibility index (Phi) is 3.75. The molecule has 23 heavy (non-hydrogen) atoms. The summed E-state index contributed by atoms with van der Waals surface area (Å²) in [6.07, 6.45) is 10.4. The number of nitrogens with zero attached hydrogens (tertiary/aromatic N) is 3. The Morgan fingerprint density at radius 2 is 2.09 bits per heavy atom. The standard InChI is InChI=1S/C17H20FN3O2/c18-13-8-19-17(20-9-13)23-14-2-1-5-21(10-14)16(22)15-7-11-3-4-12(15)6-11/h3-4,8-9,11-12,14-15H,1-2,5-7,10H2. The van der Waals surface area contributed by atoms with Gasteiger partial charge in [0.1, 0.15) is 6.10 Å². The number of amides is 1. The van der Waals surface area contributed by atoms with Crippen molar-refractivity contribution in [2.75, 3.05) is 13.1 Å². The van der Waals surface area contributed by atoms with Crippen LogP contribution in [0.15, 0.2) is 24.5 Å². The van der Waals surface area contributed by atoms with Gasteiger partial charge in [0.15, 0.2) is 5.82 Å². The number of carbonyl (C=O) groups is 1. The Hall–Kier alpha value is -1.98. The van der Waals surface area contributed by atoms with E-state index < -0.39 is 5.82 Å². The average molecular weight is 317 g/mol. The predicted molar refractivity (Wildman–Crippen MR) is 81.1 cm³/mol. The van der Waals surface area contributed by atoms with Crippen LogP contribution in [0.1, 0.15) is 25.7 Å². The Balaban J connectivity index is 1.38. The summed E-state index contributed by atoms with van der Waals surface area (Å²) in [5.74, 6) is 0.941. The molecule has 2 aliphatic carbocycles. The van der Waals surface area contributed by atoms with Crippen LogP contribution in [0.2, 0.25) is 0 Å². The number of ether oxygens (including phenoxy) is 1. The molecule has 1 saturated heterocycles. The third kappa shape index (κ3) is 2.94. The van der Waals surface area contributed by atoms with E-state index in [1.54, 1.807) is 0 Å². The molecule has 5 nitrogen and oxygen atoms in total. The fourth-order valence-electron chi connectivity index (χ4n) is 4.04.